The van der Waals surface area contributed by atoms with Crippen molar-refractivity contribution in [2.45, 2.75) is 32.4 Å². The van der Waals surface area contributed by atoms with E-state index in [1.807, 2.05) is 24.3 Å². The average Bonchev–Trinajstić information content (AvgIpc) is 3.21. The summed E-state index contributed by atoms with van der Waals surface area (Å²) in [4.78, 5) is 18.8. The summed E-state index contributed by atoms with van der Waals surface area (Å²) in [5.41, 5.74) is 0.986. The van der Waals surface area contributed by atoms with Gasteiger partial charge in [0.2, 0.25) is 5.91 Å². The zero-order valence-corrected chi connectivity index (χ0v) is 14.3. The number of amides is 1. The van der Waals surface area contributed by atoms with E-state index in [4.69, 9.17) is 4.74 Å². The summed E-state index contributed by atoms with van der Waals surface area (Å²) in [5.74, 6) is -0.0582. The molecular formula is C17H23N3O2S. The van der Waals surface area contributed by atoms with E-state index in [-0.39, 0.29) is 12.5 Å². The van der Waals surface area contributed by atoms with Crippen molar-refractivity contribution >= 4 is 27.5 Å². The van der Waals surface area contributed by atoms with Gasteiger partial charge in [-0.3, -0.25) is 9.69 Å². The number of carbonyl (C=O) groups is 1. The van der Waals surface area contributed by atoms with Gasteiger partial charge in [0.15, 0.2) is 0 Å². The maximum absolute atomic E-state index is 11.9. The molecule has 1 amide bonds. The van der Waals surface area contributed by atoms with Crippen LogP contribution in [0.5, 0.6) is 0 Å². The Balaban J connectivity index is 1.37. The third-order valence-corrected chi connectivity index (χ3v) is 5.17. The SMILES string of the molecule is C[C@H](CNC(=O)COCc1nc2ccccc2s1)N1CCCC1. The van der Waals surface area contributed by atoms with E-state index in [1.165, 1.54) is 12.8 Å². The van der Waals surface area contributed by atoms with Gasteiger partial charge in [0.1, 0.15) is 11.6 Å². The first-order chi connectivity index (χ1) is 11.2. The molecule has 23 heavy (non-hydrogen) atoms. The molecule has 1 atom stereocenters. The third kappa shape index (κ3) is 4.50. The molecule has 0 radical (unpaired) electrons. The van der Waals surface area contributed by atoms with Gasteiger partial charge in [-0.2, -0.15) is 0 Å². The minimum atomic E-state index is -0.0582. The van der Waals surface area contributed by atoms with Gasteiger partial charge in [0.05, 0.1) is 16.8 Å². The number of nitrogens with zero attached hydrogens (tertiary/aromatic N) is 2. The molecule has 1 aromatic carbocycles. The Labute approximate surface area is 140 Å². The van der Waals surface area contributed by atoms with Crippen LogP contribution in [0.1, 0.15) is 24.8 Å². The number of hydrogen-bond donors (Lipinski definition) is 1. The maximum atomic E-state index is 11.9. The van der Waals surface area contributed by atoms with Crippen LogP contribution in [0.25, 0.3) is 10.2 Å². The molecule has 0 bridgehead atoms. The molecule has 0 saturated carbocycles. The number of thiazole rings is 1. The molecule has 6 heteroatoms. The van der Waals surface area contributed by atoms with E-state index in [0.717, 1.165) is 28.3 Å². The fourth-order valence-corrected chi connectivity index (χ4v) is 3.74. The van der Waals surface area contributed by atoms with Crippen molar-refractivity contribution in [3.05, 3.63) is 29.3 Å². The highest BCUT2D eigenvalue weighted by atomic mass is 32.1. The zero-order valence-electron chi connectivity index (χ0n) is 13.5. The second-order valence-electron chi connectivity index (χ2n) is 5.96. The number of fused-ring (bicyclic) bond motifs is 1. The molecule has 0 spiro atoms. The lowest BCUT2D eigenvalue weighted by Crippen LogP contribution is -2.41. The normalized spacial score (nSPS) is 16.7. The molecular weight excluding hydrogens is 310 g/mol. The molecule has 2 aromatic rings. The molecule has 1 fully saturated rings. The predicted molar refractivity (Wildman–Crippen MR) is 92.6 cm³/mol. The van der Waals surface area contributed by atoms with E-state index in [2.05, 4.69) is 22.1 Å². The Kier molecular flexibility index (Phi) is 5.59. The van der Waals surface area contributed by atoms with E-state index < -0.39 is 0 Å². The lowest BCUT2D eigenvalue weighted by Gasteiger charge is -2.23. The fourth-order valence-electron chi connectivity index (χ4n) is 2.84. The zero-order chi connectivity index (χ0) is 16.1. The summed E-state index contributed by atoms with van der Waals surface area (Å²) in [6.07, 6.45) is 2.53. The van der Waals surface area contributed by atoms with Crippen LogP contribution in [-0.2, 0) is 16.1 Å². The summed E-state index contributed by atoms with van der Waals surface area (Å²) in [7, 11) is 0. The molecule has 1 aromatic heterocycles. The molecule has 2 heterocycles. The molecule has 1 aliphatic rings. The van der Waals surface area contributed by atoms with Crippen molar-refractivity contribution < 1.29 is 9.53 Å². The number of ether oxygens (including phenoxy) is 1. The second-order valence-corrected chi connectivity index (χ2v) is 7.08. The van der Waals surface area contributed by atoms with Crippen molar-refractivity contribution in [2.24, 2.45) is 0 Å². The Morgan fingerprint density at radius 2 is 2.17 bits per heavy atom. The van der Waals surface area contributed by atoms with Gasteiger partial charge in [-0.1, -0.05) is 12.1 Å². The molecule has 1 aliphatic heterocycles. The van der Waals surface area contributed by atoms with Crippen LogP contribution in [0, 0.1) is 0 Å². The Morgan fingerprint density at radius 1 is 1.39 bits per heavy atom. The van der Waals surface area contributed by atoms with Gasteiger partial charge < -0.3 is 10.1 Å². The highest BCUT2D eigenvalue weighted by molar-refractivity contribution is 7.18. The summed E-state index contributed by atoms with van der Waals surface area (Å²) in [6, 6.07) is 8.40. The number of rotatable bonds is 7. The molecule has 3 rings (SSSR count). The number of aromatic nitrogens is 1. The largest absolute Gasteiger partial charge is 0.364 e. The van der Waals surface area contributed by atoms with Crippen LogP contribution in [0.3, 0.4) is 0 Å². The summed E-state index contributed by atoms with van der Waals surface area (Å²) >= 11 is 1.61. The van der Waals surface area contributed by atoms with E-state index in [9.17, 15) is 4.79 Å². The van der Waals surface area contributed by atoms with Crippen molar-refractivity contribution in [1.82, 2.24) is 15.2 Å². The maximum Gasteiger partial charge on any atom is 0.246 e. The summed E-state index contributed by atoms with van der Waals surface area (Å²) in [6.45, 7) is 5.60. The van der Waals surface area contributed by atoms with Gasteiger partial charge in [-0.25, -0.2) is 4.98 Å². The monoisotopic (exact) mass is 333 g/mol. The first kappa shape index (κ1) is 16.4. The predicted octanol–water partition coefficient (Wildman–Crippen LogP) is 2.41. The van der Waals surface area contributed by atoms with Crippen LogP contribution >= 0.6 is 11.3 Å². The quantitative estimate of drug-likeness (QED) is 0.845. The summed E-state index contributed by atoms with van der Waals surface area (Å²) < 4.78 is 6.64. The minimum absolute atomic E-state index is 0.0582. The van der Waals surface area contributed by atoms with Crippen LogP contribution in [-0.4, -0.2) is 48.1 Å². The minimum Gasteiger partial charge on any atom is -0.364 e. The van der Waals surface area contributed by atoms with Crippen LogP contribution < -0.4 is 5.32 Å². The standard InChI is InChI=1S/C17H23N3O2S/c1-13(20-8-4-5-9-20)10-18-16(21)11-22-12-17-19-14-6-2-3-7-15(14)23-17/h2-3,6-7,13H,4-5,8-12H2,1H3,(H,18,21)/t13-/m1/s1. The number of nitrogens with one attached hydrogen (secondary N) is 1. The first-order valence-electron chi connectivity index (χ1n) is 8.15. The molecule has 5 nitrogen and oxygen atoms in total. The molecule has 124 valence electrons. The highest BCUT2D eigenvalue weighted by Gasteiger charge is 2.18. The Hall–Kier alpha value is -1.50. The van der Waals surface area contributed by atoms with E-state index in [1.54, 1.807) is 11.3 Å². The summed E-state index contributed by atoms with van der Waals surface area (Å²) in [5, 5.41) is 3.86. The van der Waals surface area contributed by atoms with E-state index in [0.29, 0.717) is 19.2 Å². The van der Waals surface area contributed by atoms with Gasteiger partial charge in [-0.15, -0.1) is 11.3 Å². The number of carbonyl (C=O) groups excluding carboxylic acids is 1. The van der Waals surface area contributed by atoms with Crippen molar-refractivity contribution in [3.8, 4) is 0 Å². The number of para-hydroxylation sites is 1. The number of likely N-dealkylation sites (tertiary alicyclic amines) is 1. The van der Waals surface area contributed by atoms with Gasteiger partial charge in [-0.05, 0) is 45.0 Å². The third-order valence-electron chi connectivity index (χ3n) is 4.16. The number of benzene rings is 1. The van der Waals surface area contributed by atoms with Crippen LogP contribution in [0.4, 0.5) is 0 Å². The van der Waals surface area contributed by atoms with Gasteiger partial charge >= 0.3 is 0 Å². The topological polar surface area (TPSA) is 54.5 Å². The highest BCUT2D eigenvalue weighted by Crippen LogP contribution is 2.21. The average molecular weight is 333 g/mol. The van der Waals surface area contributed by atoms with Gasteiger partial charge in [0.25, 0.3) is 0 Å². The lowest BCUT2D eigenvalue weighted by molar-refractivity contribution is -0.126. The van der Waals surface area contributed by atoms with Crippen molar-refractivity contribution in [3.63, 3.8) is 0 Å². The Morgan fingerprint density at radius 3 is 2.96 bits per heavy atom. The molecule has 0 aliphatic carbocycles. The van der Waals surface area contributed by atoms with Crippen molar-refractivity contribution in [1.29, 1.82) is 0 Å². The molecule has 0 unspecified atom stereocenters. The molecule has 1 N–H and O–H groups in total. The Bertz CT molecular complexity index is 619. The van der Waals surface area contributed by atoms with Crippen LogP contribution in [0.15, 0.2) is 24.3 Å². The van der Waals surface area contributed by atoms with E-state index >= 15 is 0 Å². The van der Waals surface area contributed by atoms with Gasteiger partial charge in [0, 0.05) is 12.6 Å². The second kappa shape index (κ2) is 7.86. The smallest absolute Gasteiger partial charge is 0.246 e. The lowest BCUT2D eigenvalue weighted by atomic mass is 10.3. The molecule has 1 saturated heterocycles. The van der Waals surface area contributed by atoms with Crippen LogP contribution in [0.2, 0.25) is 0 Å². The number of hydrogen-bond acceptors (Lipinski definition) is 5. The van der Waals surface area contributed by atoms with Crippen molar-refractivity contribution in [2.75, 3.05) is 26.2 Å². The fraction of sp³-hybridized carbons (Fsp3) is 0.529. The first-order valence-corrected chi connectivity index (χ1v) is 8.97.